The van der Waals surface area contributed by atoms with Crippen LogP contribution in [0.1, 0.15) is 13.0 Å². The first kappa shape index (κ1) is 20.2. The molecule has 0 amide bonds. The molecule has 0 atom stereocenters. The molecule has 0 nitrogen and oxygen atoms in total. The molecule has 21 heavy (non-hydrogen) atoms. The second kappa shape index (κ2) is 8.56. The van der Waals surface area contributed by atoms with E-state index in [1.165, 1.54) is 0 Å². The second-order valence-electron chi connectivity index (χ2n) is 3.88. The zero-order chi connectivity index (χ0) is 14.0. The minimum atomic E-state index is -2.15. The molecule has 0 saturated carbocycles. The Morgan fingerprint density at radius 3 is 1.62 bits per heavy atom. The van der Waals surface area contributed by atoms with E-state index in [1.54, 1.807) is 30.3 Å². The molecule has 0 aromatic heterocycles. The van der Waals surface area contributed by atoms with Gasteiger partial charge in [-0.05, 0) is 11.8 Å². The summed E-state index contributed by atoms with van der Waals surface area (Å²) >= 11 is 0. The van der Waals surface area contributed by atoms with Gasteiger partial charge in [0.05, 0.1) is 0 Å². The normalized spacial score (nSPS) is 9.57. The predicted octanol–water partition coefficient (Wildman–Crippen LogP) is 0.552. The Hall–Kier alpha value is -0.845. The minimum absolute atomic E-state index is 0. The van der Waals surface area contributed by atoms with Gasteiger partial charge in [0.25, 0.3) is 0 Å². The third-order valence-electron chi connectivity index (χ3n) is 2.63. The van der Waals surface area contributed by atoms with Gasteiger partial charge in [0.1, 0.15) is 0 Å². The quantitative estimate of drug-likeness (QED) is 0.336. The van der Waals surface area contributed by atoms with E-state index in [2.05, 4.69) is 0 Å². The summed E-state index contributed by atoms with van der Waals surface area (Å²) in [6.07, 6.45) is 0.0686. The van der Waals surface area contributed by atoms with Gasteiger partial charge in [-0.1, -0.05) is 43.3 Å². The van der Waals surface area contributed by atoms with Crippen LogP contribution in [0.4, 0.5) is 22.0 Å². The van der Waals surface area contributed by atoms with E-state index in [0.717, 1.165) is 7.28 Å². The van der Waals surface area contributed by atoms with Gasteiger partial charge in [-0.15, -0.1) is 0 Å². The fourth-order valence-electron chi connectivity index (χ4n) is 1.64. The van der Waals surface area contributed by atoms with Gasteiger partial charge < -0.3 is 0 Å². The molecule has 0 aliphatic carbocycles. The van der Waals surface area contributed by atoms with E-state index < -0.39 is 34.5 Å². The first-order valence-electron chi connectivity index (χ1n) is 5.41. The van der Waals surface area contributed by atoms with E-state index in [0.29, 0.717) is 5.56 Å². The number of rotatable bonds is 3. The summed E-state index contributed by atoms with van der Waals surface area (Å²) in [5.74, 6) is -9.64. The average Bonchev–Trinajstić information content (AvgIpc) is 2.44. The average molecular weight is 308 g/mol. The van der Waals surface area contributed by atoms with E-state index in [-0.39, 0.29) is 43.3 Å². The first-order chi connectivity index (χ1) is 9.02. The molecule has 0 heterocycles. The van der Waals surface area contributed by atoms with Crippen LogP contribution in [-0.2, 0) is 6.32 Å². The van der Waals surface area contributed by atoms with Crippen molar-refractivity contribution in [2.45, 2.75) is 13.7 Å². The molecule has 0 bridgehead atoms. The van der Waals surface area contributed by atoms with Crippen LogP contribution in [0, 0.1) is 29.1 Å². The fraction of sp³-hybridized carbons (Fsp3) is 0.143. The Balaban J connectivity index is 0.00000200. The first-order valence-corrected chi connectivity index (χ1v) is 5.41. The van der Waals surface area contributed by atoms with Crippen LogP contribution in [0.25, 0.3) is 0 Å². The third kappa shape index (κ3) is 4.31. The SMILES string of the molecule is C.Fc1c(F)c(F)c([B]Cc2ccccc2)c(F)c1F.[Na+]. The smallest absolute Gasteiger partial charge is 0.204 e. The summed E-state index contributed by atoms with van der Waals surface area (Å²) in [6.45, 7) is 0. The fourth-order valence-corrected chi connectivity index (χ4v) is 1.64. The van der Waals surface area contributed by atoms with Crippen LogP contribution in [0.15, 0.2) is 30.3 Å². The van der Waals surface area contributed by atoms with Crippen LogP contribution >= 0.6 is 0 Å². The third-order valence-corrected chi connectivity index (χ3v) is 2.63. The summed E-state index contributed by atoms with van der Waals surface area (Å²) in [5, 5.41) is 0. The Morgan fingerprint density at radius 1 is 0.714 bits per heavy atom. The van der Waals surface area contributed by atoms with Gasteiger partial charge >= 0.3 is 29.6 Å². The molecule has 0 fully saturated rings. The largest absolute Gasteiger partial charge is 1.00 e. The van der Waals surface area contributed by atoms with E-state index in [1.807, 2.05) is 0 Å². The maximum atomic E-state index is 13.4. The summed E-state index contributed by atoms with van der Waals surface area (Å²) < 4.78 is 65.4. The van der Waals surface area contributed by atoms with Gasteiger partial charge in [-0.2, -0.15) is 0 Å². The van der Waals surface area contributed by atoms with Crippen molar-refractivity contribution >= 4 is 12.7 Å². The van der Waals surface area contributed by atoms with Crippen LogP contribution in [0.2, 0.25) is 0 Å². The molecule has 105 valence electrons. The topological polar surface area (TPSA) is 0 Å². The number of hydrogen-bond donors (Lipinski definition) is 0. The maximum Gasteiger partial charge on any atom is 1.00 e. The number of benzene rings is 2. The Bertz CT molecular complexity index is 575. The van der Waals surface area contributed by atoms with Crippen LogP contribution in [0.3, 0.4) is 0 Å². The molecular weight excluding hydrogens is 297 g/mol. The Morgan fingerprint density at radius 2 is 1.14 bits per heavy atom. The molecule has 7 heteroatoms. The van der Waals surface area contributed by atoms with Crippen LogP contribution in [-0.4, -0.2) is 7.28 Å². The van der Waals surface area contributed by atoms with Gasteiger partial charge in [-0.3, -0.25) is 0 Å². The molecule has 0 saturated heterocycles. The van der Waals surface area contributed by atoms with Crippen molar-refractivity contribution in [3.8, 4) is 0 Å². The van der Waals surface area contributed by atoms with Gasteiger partial charge in [0.15, 0.2) is 36.4 Å². The number of hydrogen-bond acceptors (Lipinski definition) is 0. The van der Waals surface area contributed by atoms with Crippen molar-refractivity contribution in [2.75, 3.05) is 0 Å². The van der Waals surface area contributed by atoms with E-state index in [9.17, 15) is 22.0 Å². The number of halogens is 5. The monoisotopic (exact) mass is 308 g/mol. The van der Waals surface area contributed by atoms with Crippen molar-refractivity contribution < 1.29 is 51.5 Å². The van der Waals surface area contributed by atoms with Crippen molar-refractivity contribution in [1.82, 2.24) is 0 Å². The summed E-state index contributed by atoms with van der Waals surface area (Å²) in [7, 11) is 0.978. The van der Waals surface area contributed by atoms with Gasteiger partial charge in [0, 0.05) is 0 Å². The van der Waals surface area contributed by atoms with Crippen LogP contribution < -0.4 is 35.0 Å². The van der Waals surface area contributed by atoms with Crippen molar-refractivity contribution in [3.05, 3.63) is 65.0 Å². The Labute approximate surface area is 142 Å². The van der Waals surface area contributed by atoms with Crippen molar-refractivity contribution in [1.29, 1.82) is 0 Å². The molecule has 0 aliphatic rings. The zero-order valence-electron chi connectivity index (χ0n) is 10.6. The van der Waals surface area contributed by atoms with Crippen molar-refractivity contribution in [3.63, 3.8) is 0 Å². The molecule has 0 unspecified atom stereocenters. The molecule has 0 N–H and O–H groups in total. The standard InChI is InChI=1S/C13H7BF5.CH4.Na/c15-9-8(10(16)12(18)13(19)11(9)17)14-6-7-4-2-1-3-5-7;;/h1-5H,6H2;1H4;/q;;+1. The predicted molar refractivity (Wildman–Crippen MR) is 68.5 cm³/mol. The van der Waals surface area contributed by atoms with E-state index >= 15 is 0 Å². The van der Waals surface area contributed by atoms with Crippen molar-refractivity contribution in [2.24, 2.45) is 0 Å². The van der Waals surface area contributed by atoms with E-state index in [4.69, 9.17) is 0 Å². The van der Waals surface area contributed by atoms with Crippen LogP contribution in [0.5, 0.6) is 0 Å². The minimum Gasteiger partial charge on any atom is -0.204 e. The molecule has 0 aliphatic heterocycles. The summed E-state index contributed by atoms with van der Waals surface area (Å²) in [5.41, 5.74) is -0.202. The molecular formula is C14H11BF5Na+. The molecule has 2 aromatic rings. The van der Waals surface area contributed by atoms with Gasteiger partial charge in [0.2, 0.25) is 0 Å². The molecule has 2 aromatic carbocycles. The molecule has 1 radical (unpaired) electrons. The maximum absolute atomic E-state index is 13.4. The van der Waals surface area contributed by atoms with Gasteiger partial charge in [-0.25, -0.2) is 22.0 Å². The zero-order valence-corrected chi connectivity index (χ0v) is 12.6. The summed E-state index contributed by atoms with van der Waals surface area (Å²) in [6, 6.07) is 8.54. The molecule has 0 spiro atoms. The second-order valence-corrected chi connectivity index (χ2v) is 3.88. The molecule has 2 rings (SSSR count). The Kier molecular flexibility index (Phi) is 8.22. The summed E-state index contributed by atoms with van der Waals surface area (Å²) in [4.78, 5) is 0.